The van der Waals surface area contributed by atoms with Crippen LogP contribution in [0.25, 0.3) is 0 Å². The highest BCUT2D eigenvalue weighted by molar-refractivity contribution is 5.80. The van der Waals surface area contributed by atoms with Crippen LogP contribution in [0.3, 0.4) is 0 Å². The van der Waals surface area contributed by atoms with Gasteiger partial charge in [0.25, 0.3) is 0 Å². The van der Waals surface area contributed by atoms with Crippen LogP contribution in [0.2, 0.25) is 0 Å². The van der Waals surface area contributed by atoms with Crippen molar-refractivity contribution < 1.29 is 9.47 Å². The number of hydrogen-bond acceptors (Lipinski definition) is 3. The second kappa shape index (κ2) is 12.9. The van der Waals surface area contributed by atoms with E-state index in [2.05, 4.69) is 41.6 Å². The van der Waals surface area contributed by atoms with Crippen molar-refractivity contribution in [2.45, 2.75) is 39.3 Å². The van der Waals surface area contributed by atoms with Crippen LogP contribution in [0.4, 0.5) is 0 Å². The van der Waals surface area contributed by atoms with Gasteiger partial charge in [-0.05, 0) is 32.3 Å². The van der Waals surface area contributed by atoms with Crippen molar-refractivity contribution in [3.05, 3.63) is 35.9 Å². The first kappa shape index (κ1) is 19.5. The first-order valence-electron chi connectivity index (χ1n) is 8.41. The summed E-state index contributed by atoms with van der Waals surface area (Å²) in [6.07, 6.45) is 2.04. The lowest BCUT2D eigenvalue weighted by molar-refractivity contribution is 0.117. The third-order valence-corrected chi connectivity index (χ3v) is 3.22. The molecule has 1 unspecified atom stereocenters. The topological polar surface area (TPSA) is 54.9 Å². The molecule has 0 amide bonds. The quantitative estimate of drug-likeness (QED) is 0.374. The number of rotatable bonds is 11. The van der Waals surface area contributed by atoms with Crippen LogP contribution in [-0.2, 0) is 16.1 Å². The van der Waals surface area contributed by atoms with E-state index in [4.69, 9.17) is 9.47 Å². The molecule has 1 aromatic rings. The maximum Gasteiger partial charge on any atom is 0.191 e. The molecular formula is C18H31N3O2. The van der Waals surface area contributed by atoms with Crippen molar-refractivity contribution >= 4 is 5.96 Å². The van der Waals surface area contributed by atoms with Crippen LogP contribution in [0, 0.1) is 0 Å². The van der Waals surface area contributed by atoms with Crippen molar-refractivity contribution in [3.8, 4) is 0 Å². The SMILES string of the molecule is CCNC(=NCCCCOCc1ccccc1)NC(C)COC. The Morgan fingerprint density at radius 3 is 2.70 bits per heavy atom. The molecule has 130 valence electrons. The van der Waals surface area contributed by atoms with Crippen molar-refractivity contribution in [3.63, 3.8) is 0 Å². The predicted molar refractivity (Wildman–Crippen MR) is 95.8 cm³/mol. The van der Waals surface area contributed by atoms with Crippen LogP contribution >= 0.6 is 0 Å². The number of guanidine groups is 1. The molecule has 0 saturated carbocycles. The Hall–Kier alpha value is -1.59. The number of ether oxygens (including phenoxy) is 2. The molecule has 1 rings (SSSR count). The summed E-state index contributed by atoms with van der Waals surface area (Å²) >= 11 is 0. The summed E-state index contributed by atoms with van der Waals surface area (Å²) in [5.74, 6) is 0.849. The summed E-state index contributed by atoms with van der Waals surface area (Å²) in [5.41, 5.74) is 1.22. The molecule has 2 N–H and O–H groups in total. The minimum absolute atomic E-state index is 0.243. The van der Waals surface area contributed by atoms with E-state index in [0.717, 1.165) is 38.5 Å². The first-order valence-corrected chi connectivity index (χ1v) is 8.41. The molecule has 1 atom stereocenters. The van der Waals surface area contributed by atoms with E-state index >= 15 is 0 Å². The molecule has 5 heteroatoms. The van der Waals surface area contributed by atoms with Gasteiger partial charge in [-0.2, -0.15) is 0 Å². The van der Waals surface area contributed by atoms with Gasteiger partial charge in [-0.1, -0.05) is 30.3 Å². The number of methoxy groups -OCH3 is 1. The van der Waals surface area contributed by atoms with E-state index in [1.165, 1.54) is 5.56 Å². The van der Waals surface area contributed by atoms with Gasteiger partial charge in [-0.25, -0.2) is 0 Å². The van der Waals surface area contributed by atoms with E-state index in [0.29, 0.717) is 13.2 Å². The van der Waals surface area contributed by atoms with E-state index in [-0.39, 0.29) is 6.04 Å². The number of hydrogen-bond donors (Lipinski definition) is 2. The Balaban J connectivity index is 2.14. The third kappa shape index (κ3) is 9.92. The summed E-state index contributed by atoms with van der Waals surface area (Å²) in [7, 11) is 1.71. The number of benzene rings is 1. The minimum atomic E-state index is 0.243. The summed E-state index contributed by atoms with van der Waals surface area (Å²) in [4.78, 5) is 4.57. The van der Waals surface area contributed by atoms with Crippen molar-refractivity contribution in [1.82, 2.24) is 10.6 Å². The van der Waals surface area contributed by atoms with Gasteiger partial charge in [-0.15, -0.1) is 0 Å². The third-order valence-electron chi connectivity index (χ3n) is 3.22. The highest BCUT2D eigenvalue weighted by atomic mass is 16.5. The number of nitrogens with one attached hydrogen (secondary N) is 2. The van der Waals surface area contributed by atoms with Gasteiger partial charge in [-0.3, -0.25) is 4.99 Å². The lowest BCUT2D eigenvalue weighted by Crippen LogP contribution is -2.44. The lowest BCUT2D eigenvalue weighted by atomic mass is 10.2. The van der Waals surface area contributed by atoms with Gasteiger partial charge in [0, 0.05) is 32.8 Å². The fourth-order valence-corrected chi connectivity index (χ4v) is 2.12. The second-order valence-corrected chi connectivity index (χ2v) is 5.51. The molecule has 0 spiro atoms. The highest BCUT2D eigenvalue weighted by Gasteiger charge is 2.03. The Bertz CT molecular complexity index is 424. The second-order valence-electron chi connectivity index (χ2n) is 5.51. The largest absolute Gasteiger partial charge is 0.383 e. The molecule has 0 saturated heterocycles. The van der Waals surface area contributed by atoms with Crippen LogP contribution in [0.15, 0.2) is 35.3 Å². The Kier molecular flexibility index (Phi) is 10.9. The molecule has 0 aliphatic carbocycles. The predicted octanol–water partition coefficient (Wildman–Crippen LogP) is 2.57. The average Bonchev–Trinajstić information content (AvgIpc) is 2.55. The summed E-state index contributed by atoms with van der Waals surface area (Å²) < 4.78 is 10.8. The first-order chi connectivity index (χ1) is 11.3. The summed E-state index contributed by atoms with van der Waals surface area (Å²) in [6, 6.07) is 10.5. The van der Waals surface area contributed by atoms with Crippen LogP contribution in [-0.4, -0.2) is 45.4 Å². The molecule has 0 aliphatic rings. The van der Waals surface area contributed by atoms with Crippen LogP contribution in [0.5, 0.6) is 0 Å². The molecule has 0 aromatic heterocycles. The van der Waals surface area contributed by atoms with Gasteiger partial charge < -0.3 is 20.1 Å². The van der Waals surface area contributed by atoms with Gasteiger partial charge in [0.1, 0.15) is 0 Å². The van der Waals surface area contributed by atoms with Gasteiger partial charge in [0.2, 0.25) is 0 Å². The van der Waals surface area contributed by atoms with E-state index < -0.39 is 0 Å². The van der Waals surface area contributed by atoms with Crippen LogP contribution < -0.4 is 10.6 Å². The Labute approximate surface area is 140 Å². The highest BCUT2D eigenvalue weighted by Crippen LogP contribution is 2.01. The number of nitrogens with zero attached hydrogens (tertiary/aromatic N) is 1. The minimum Gasteiger partial charge on any atom is -0.383 e. The monoisotopic (exact) mass is 321 g/mol. The van der Waals surface area contributed by atoms with Crippen LogP contribution in [0.1, 0.15) is 32.3 Å². The van der Waals surface area contributed by atoms with Gasteiger partial charge in [0.05, 0.1) is 13.2 Å². The molecule has 23 heavy (non-hydrogen) atoms. The van der Waals surface area contributed by atoms with Gasteiger partial charge >= 0.3 is 0 Å². The number of aliphatic imine (C=N–C) groups is 1. The molecule has 1 aromatic carbocycles. The van der Waals surface area contributed by atoms with E-state index in [1.54, 1.807) is 7.11 Å². The molecular weight excluding hydrogens is 290 g/mol. The summed E-state index contributed by atoms with van der Waals surface area (Å²) in [5, 5.41) is 6.57. The Morgan fingerprint density at radius 2 is 2.00 bits per heavy atom. The lowest BCUT2D eigenvalue weighted by Gasteiger charge is -2.16. The summed E-state index contributed by atoms with van der Waals surface area (Å²) in [6.45, 7) is 7.91. The zero-order valence-corrected chi connectivity index (χ0v) is 14.7. The van der Waals surface area contributed by atoms with Crippen molar-refractivity contribution in [2.75, 3.05) is 33.4 Å². The van der Waals surface area contributed by atoms with Crippen molar-refractivity contribution in [1.29, 1.82) is 0 Å². The molecule has 0 radical (unpaired) electrons. The molecule has 0 fully saturated rings. The standard InChI is InChI=1S/C18H31N3O2/c1-4-19-18(21-16(2)14-22-3)20-12-8-9-13-23-15-17-10-6-5-7-11-17/h5-7,10-11,16H,4,8-9,12-15H2,1-3H3,(H2,19,20,21). The molecule has 0 aliphatic heterocycles. The zero-order chi connectivity index (χ0) is 16.8. The zero-order valence-electron chi connectivity index (χ0n) is 14.7. The molecule has 5 nitrogen and oxygen atoms in total. The average molecular weight is 321 g/mol. The van der Waals surface area contributed by atoms with Crippen molar-refractivity contribution in [2.24, 2.45) is 4.99 Å². The molecule has 0 heterocycles. The van der Waals surface area contributed by atoms with E-state index in [1.807, 2.05) is 18.2 Å². The van der Waals surface area contributed by atoms with Gasteiger partial charge in [0.15, 0.2) is 5.96 Å². The normalized spacial score (nSPS) is 12.9. The maximum absolute atomic E-state index is 5.67. The fourth-order valence-electron chi connectivity index (χ4n) is 2.12. The van der Waals surface area contributed by atoms with E-state index in [9.17, 15) is 0 Å². The molecule has 0 bridgehead atoms. The maximum atomic E-state index is 5.67. The fraction of sp³-hybridized carbons (Fsp3) is 0.611. The Morgan fingerprint density at radius 1 is 1.22 bits per heavy atom. The number of unbranched alkanes of at least 4 members (excludes halogenated alkanes) is 1. The smallest absolute Gasteiger partial charge is 0.191 e.